The molecule has 154 valence electrons. The summed E-state index contributed by atoms with van der Waals surface area (Å²) in [5.41, 5.74) is 4.27. The second-order valence-corrected chi connectivity index (χ2v) is 7.97. The lowest BCUT2D eigenvalue weighted by Gasteiger charge is -2.12. The number of benzene rings is 1. The van der Waals surface area contributed by atoms with Crippen LogP contribution >= 0.6 is 0 Å². The minimum Gasteiger partial charge on any atom is -0.461 e. The first-order valence-electron chi connectivity index (χ1n) is 10.2. The van der Waals surface area contributed by atoms with Crippen molar-refractivity contribution in [1.29, 1.82) is 0 Å². The van der Waals surface area contributed by atoms with Crippen LogP contribution in [-0.4, -0.2) is 25.2 Å². The van der Waals surface area contributed by atoms with Crippen molar-refractivity contribution in [3.05, 3.63) is 44.5 Å². The molecule has 2 aromatic heterocycles. The van der Waals surface area contributed by atoms with Crippen LogP contribution in [0.1, 0.15) is 47.3 Å². The van der Waals surface area contributed by atoms with Crippen LogP contribution in [0.2, 0.25) is 0 Å². The molecule has 6 nitrogen and oxygen atoms in total. The Hall–Kier alpha value is -2.60. The zero-order valence-corrected chi connectivity index (χ0v) is 17.4. The van der Waals surface area contributed by atoms with Crippen molar-refractivity contribution in [2.24, 2.45) is 0 Å². The monoisotopic (exact) mass is 397 g/mol. The van der Waals surface area contributed by atoms with Crippen molar-refractivity contribution < 1.29 is 18.4 Å². The van der Waals surface area contributed by atoms with Gasteiger partial charge in [-0.2, -0.15) is 0 Å². The summed E-state index contributed by atoms with van der Waals surface area (Å²) >= 11 is 0. The standard InChI is InChI=1S/C23H27NO5/c1-12-15(4)28-21-14(3)22-19(10-18(12)21)13(2)17(23(26)29-22)7-8-20(25)24-11-16-6-5-9-27-16/h10,16H,5-9,11H2,1-4H3,(H,24,25)/t16-/m0/s1. The fraction of sp³-hybridized carbons (Fsp3) is 0.478. The molecule has 0 bridgehead atoms. The number of hydrogen-bond acceptors (Lipinski definition) is 5. The molecule has 0 aliphatic carbocycles. The first-order chi connectivity index (χ1) is 13.9. The van der Waals surface area contributed by atoms with Crippen molar-refractivity contribution in [2.45, 2.75) is 59.5 Å². The van der Waals surface area contributed by atoms with Gasteiger partial charge in [0.05, 0.1) is 6.10 Å². The van der Waals surface area contributed by atoms with E-state index in [1.165, 1.54) is 0 Å². The second-order valence-electron chi connectivity index (χ2n) is 7.97. The zero-order valence-electron chi connectivity index (χ0n) is 17.4. The maximum absolute atomic E-state index is 12.6. The molecule has 3 heterocycles. The molecule has 1 N–H and O–H groups in total. The fourth-order valence-corrected chi connectivity index (χ4v) is 4.14. The average molecular weight is 397 g/mol. The van der Waals surface area contributed by atoms with Crippen LogP contribution in [0.3, 0.4) is 0 Å². The lowest BCUT2D eigenvalue weighted by atomic mass is 9.98. The van der Waals surface area contributed by atoms with Gasteiger partial charge in [-0.05, 0) is 64.2 Å². The van der Waals surface area contributed by atoms with E-state index in [9.17, 15) is 9.59 Å². The number of nitrogens with one attached hydrogen (secondary N) is 1. The Kier molecular flexibility index (Phi) is 5.21. The minimum absolute atomic E-state index is 0.0765. The van der Waals surface area contributed by atoms with Crippen LogP contribution in [0.25, 0.3) is 21.9 Å². The van der Waals surface area contributed by atoms with E-state index in [4.69, 9.17) is 13.6 Å². The molecule has 1 atom stereocenters. The van der Waals surface area contributed by atoms with Gasteiger partial charge < -0.3 is 18.9 Å². The molecular formula is C23H27NO5. The number of amides is 1. The molecule has 1 aliphatic heterocycles. The maximum atomic E-state index is 12.6. The van der Waals surface area contributed by atoms with Crippen molar-refractivity contribution in [3.63, 3.8) is 0 Å². The number of fused-ring (bicyclic) bond motifs is 2. The minimum atomic E-state index is -0.385. The smallest absolute Gasteiger partial charge is 0.339 e. The average Bonchev–Trinajstić information content (AvgIpc) is 3.30. The van der Waals surface area contributed by atoms with Gasteiger partial charge in [-0.3, -0.25) is 4.79 Å². The summed E-state index contributed by atoms with van der Waals surface area (Å²) in [7, 11) is 0. The fourth-order valence-electron chi connectivity index (χ4n) is 4.14. The Morgan fingerprint density at radius 3 is 2.52 bits per heavy atom. The number of furan rings is 1. The normalized spacial score (nSPS) is 16.8. The Bertz CT molecular complexity index is 1150. The van der Waals surface area contributed by atoms with Crippen LogP contribution in [0, 0.1) is 27.7 Å². The summed E-state index contributed by atoms with van der Waals surface area (Å²) in [6, 6.07) is 2.03. The summed E-state index contributed by atoms with van der Waals surface area (Å²) in [6.45, 7) is 9.09. The molecule has 0 saturated carbocycles. The Balaban J connectivity index is 1.61. The van der Waals surface area contributed by atoms with Crippen molar-refractivity contribution >= 4 is 27.8 Å². The lowest BCUT2D eigenvalue weighted by Crippen LogP contribution is -2.32. The molecule has 0 radical (unpaired) electrons. The third-order valence-corrected chi connectivity index (χ3v) is 6.10. The van der Waals surface area contributed by atoms with Gasteiger partial charge in [-0.15, -0.1) is 0 Å². The topological polar surface area (TPSA) is 81.7 Å². The molecular weight excluding hydrogens is 370 g/mol. The van der Waals surface area contributed by atoms with Crippen LogP contribution in [-0.2, 0) is 16.0 Å². The van der Waals surface area contributed by atoms with E-state index in [0.29, 0.717) is 24.1 Å². The molecule has 1 saturated heterocycles. The quantitative estimate of drug-likeness (QED) is 0.658. The van der Waals surface area contributed by atoms with Crippen LogP contribution in [0.15, 0.2) is 19.7 Å². The van der Waals surface area contributed by atoms with E-state index in [1.54, 1.807) is 0 Å². The van der Waals surface area contributed by atoms with E-state index < -0.39 is 0 Å². The van der Waals surface area contributed by atoms with Gasteiger partial charge in [0.25, 0.3) is 0 Å². The zero-order chi connectivity index (χ0) is 20.7. The maximum Gasteiger partial charge on any atom is 0.339 e. The lowest BCUT2D eigenvalue weighted by molar-refractivity contribution is -0.121. The highest BCUT2D eigenvalue weighted by atomic mass is 16.5. The molecule has 0 spiro atoms. The molecule has 29 heavy (non-hydrogen) atoms. The first kappa shape index (κ1) is 19.7. The Morgan fingerprint density at radius 2 is 1.79 bits per heavy atom. The van der Waals surface area contributed by atoms with Gasteiger partial charge in [-0.1, -0.05) is 0 Å². The molecule has 1 fully saturated rings. The number of ether oxygens (including phenoxy) is 1. The summed E-state index contributed by atoms with van der Waals surface area (Å²) in [5.74, 6) is 0.786. The molecule has 1 amide bonds. The van der Waals surface area contributed by atoms with Gasteiger partial charge in [0.1, 0.15) is 16.9 Å². The van der Waals surface area contributed by atoms with Crippen molar-refractivity contribution in [3.8, 4) is 0 Å². The highest BCUT2D eigenvalue weighted by Crippen LogP contribution is 2.34. The first-order valence-corrected chi connectivity index (χ1v) is 10.2. The number of aryl methyl sites for hydroxylation is 4. The third-order valence-electron chi connectivity index (χ3n) is 6.10. The van der Waals surface area contributed by atoms with Crippen LogP contribution < -0.4 is 10.9 Å². The third kappa shape index (κ3) is 3.57. The van der Waals surface area contributed by atoms with Gasteiger partial charge in [0.15, 0.2) is 0 Å². The van der Waals surface area contributed by atoms with Gasteiger partial charge >= 0.3 is 5.63 Å². The number of carbonyl (C=O) groups is 1. The predicted molar refractivity (Wildman–Crippen MR) is 112 cm³/mol. The molecule has 0 unspecified atom stereocenters. The molecule has 3 aromatic rings. The SMILES string of the molecule is Cc1oc2c(C)c3oc(=O)c(CCC(=O)NC[C@@H]4CCCO4)c(C)c3cc2c1C. The summed E-state index contributed by atoms with van der Waals surface area (Å²) in [4.78, 5) is 24.9. The second kappa shape index (κ2) is 7.67. The largest absolute Gasteiger partial charge is 0.461 e. The number of rotatable bonds is 5. The number of hydrogen-bond donors (Lipinski definition) is 1. The summed E-state index contributed by atoms with van der Waals surface area (Å²) in [6.07, 6.45) is 2.73. The summed E-state index contributed by atoms with van der Waals surface area (Å²) < 4.78 is 17.1. The van der Waals surface area contributed by atoms with E-state index in [2.05, 4.69) is 5.32 Å². The van der Waals surface area contributed by atoms with E-state index >= 15 is 0 Å². The summed E-state index contributed by atoms with van der Waals surface area (Å²) in [5, 5.41) is 4.83. The predicted octanol–water partition coefficient (Wildman–Crippen LogP) is 4.00. The van der Waals surface area contributed by atoms with Crippen LogP contribution in [0.5, 0.6) is 0 Å². The van der Waals surface area contributed by atoms with Crippen molar-refractivity contribution in [1.82, 2.24) is 5.32 Å². The highest BCUT2D eigenvalue weighted by Gasteiger charge is 2.20. The van der Waals surface area contributed by atoms with E-state index in [0.717, 1.165) is 58.3 Å². The Labute approximate surface area is 169 Å². The van der Waals surface area contributed by atoms with E-state index in [-0.39, 0.29) is 24.1 Å². The van der Waals surface area contributed by atoms with Crippen LogP contribution in [0.4, 0.5) is 0 Å². The highest BCUT2D eigenvalue weighted by molar-refractivity contribution is 6.00. The van der Waals surface area contributed by atoms with E-state index in [1.807, 2.05) is 33.8 Å². The number of carbonyl (C=O) groups excluding carboxylic acids is 1. The van der Waals surface area contributed by atoms with Crippen molar-refractivity contribution in [2.75, 3.05) is 13.2 Å². The van der Waals surface area contributed by atoms with Gasteiger partial charge in [0.2, 0.25) is 5.91 Å². The Morgan fingerprint density at radius 1 is 1.07 bits per heavy atom. The molecule has 4 rings (SSSR count). The van der Waals surface area contributed by atoms with Gasteiger partial charge in [-0.25, -0.2) is 4.79 Å². The van der Waals surface area contributed by atoms with Gasteiger partial charge in [0, 0.05) is 41.5 Å². The molecule has 6 heteroatoms. The molecule has 1 aromatic carbocycles. The molecule has 1 aliphatic rings.